The van der Waals surface area contributed by atoms with Crippen molar-refractivity contribution in [2.75, 3.05) is 32.0 Å². The van der Waals surface area contributed by atoms with E-state index in [9.17, 15) is 9.59 Å². The number of benzene rings is 1. The van der Waals surface area contributed by atoms with Gasteiger partial charge in [0.15, 0.2) is 0 Å². The molecule has 5 heteroatoms. The molecule has 1 aromatic rings. The van der Waals surface area contributed by atoms with Gasteiger partial charge in [-0.15, -0.1) is 0 Å². The number of fused-ring (bicyclic) bond motifs is 1. The van der Waals surface area contributed by atoms with Gasteiger partial charge in [-0.3, -0.25) is 9.59 Å². The zero-order chi connectivity index (χ0) is 14.8. The minimum atomic E-state index is 0.0447. The maximum atomic E-state index is 12.6. The molecule has 2 heterocycles. The summed E-state index contributed by atoms with van der Waals surface area (Å²) in [7, 11) is 1.67. The van der Waals surface area contributed by atoms with Crippen LogP contribution in [0, 0.1) is 5.92 Å². The van der Waals surface area contributed by atoms with Gasteiger partial charge < -0.3 is 15.5 Å². The lowest BCUT2D eigenvalue weighted by Gasteiger charge is -2.31. The molecule has 2 amide bonds. The van der Waals surface area contributed by atoms with Crippen molar-refractivity contribution in [2.24, 2.45) is 5.92 Å². The Balaban J connectivity index is 1.65. The lowest BCUT2D eigenvalue weighted by Crippen LogP contribution is -2.42. The molecule has 2 aliphatic rings. The highest BCUT2D eigenvalue weighted by molar-refractivity contribution is 5.95. The van der Waals surface area contributed by atoms with Gasteiger partial charge in [-0.1, -0.05) is 0 Å². The number of anilines is 1. The first-order valence-electron chi connectivity index (χ1n) is 7.56. The van der Waals surface area contributed by atoms with Crippen LogP contribution in [0.4, 0.5) is 5.69 Å². The predicted octanol–water partition coefficient (Wildman–Crippen LogP) is 1.25. The fourth-order valence-corrected chi connectivity index (χ4v) is 3.17. The normalized spacial score (nSPS) is 18.0. The smallest absolute Gasteiger partial charge is 0.253 e. The van der Waals surface area contributed by atoms with E-state index in [2.05, 4.69) is 10.6 Å². The Morgan fingerprint density at radius 3 is 2.76 bits per heavy atom. The molecular formula is C16H21N3O2. The molecule has 0 aromatic heterocycles. The van der Waals surface area contributed by atoms with Gasteiger partial charge in [0.05, 0.1) is 0 Å². The highest BCUT2D eigenvalue weighted by atomic mass is 16.2. The van der Waals surface area contributed by atoms with Crippen LogP contribution in [-0.4, -0.2) is 43.4 Å². The Morgan fingerprint density at radius 2 is 2.05 bits per heavy atom. The van der Waals surface area contributed by atoms with E-state index in [0.29, 0.717) is 13.1 Å². The van der Waals surface area contributed by atoms with Gasteiger partial charge in [-0.25, -0.2) is 0 Å². The van der Waals surface area contributed by atoms with Gasteiger partial charge in [0.1, 0.15) is 0 Å². The Kier molecular flexibility index (Phi) is 3.82. The number of piperidine rings is 1. The van der Waals surface area contributed by atoms with Crippen LogP contribution in [0.3, 0.4) is 0 Å². The number of hydrogen-bond acceptors (Lipinski definition) is 3. The number of amides is 2. The van der Waals surface area contributed by atoms with Crippen LogP contribution in [0.25, 0.3) is 0 Å². The van der Waals surface area contributed by atoms with Crippen LogP contribution in [-0.2, 0) is 11.2 Å². The van der Waals surface area contributed by atoms with Crippen LogP contribution in [0.15, 0.2) is 18.2 Å². The third kappa shape index (κ3) is 2.73. The predicted molar refractivity (Wildman–Crippen MR) is 81.3 cm³/mol. The van der Waals surface area contributed by atoms with Gasteiger partial charge in [-0.05, 0) is 43.0 Å². The van der Waals surface area contributed by atoms with E-state index < -0.39 is 0 Å². The molecule has 0 spiro atoms. The van der Waals surface area contributed by atoms with Crippen molar-refractivity contribution in [3.05, 3.63) is 29.3 Å². The van der Waals surface area contributed by atoms with E-state index in [4.69, 9.17) is 0 Å². The molecule has 1 saturated heterocycles. The molecule has 0 atom stereocenters. The van der Waals surface area contributed by atoms with Gasteiger partial charge in [-0.2, -0.15) is 0 Å². The molecule has 0 aliphatic carbocycles. The molecule has 1 fully saturated rings. The Bertz CT molecular complexity index is 563. The summed E-state index contributed by atoms with van der Waals surface area (Å²) in [6, 6.07) is 5.89. The minimum Gasteiger partial charge on any atom is -0.384 e. The topological polar surface area (TPSA) is 61.4 Å². The zero-order valence-corrected chi connectivity index (χ0v) is 12.3. The van der Waals surface area contributed by atoms with Gasteiger partial charge in [0, 0.05) is 43.9 Å². The number of nitrogens with one attached hydrogen (secondary N) is 2. The van der Waals surface area contributed by atoms with Crippen LogP contribution in [0.2, 0.25) is 0 Å². The maximum Gasteiger partial charge on any atom is 0.253 e. The van der Waals surface area contributed by atoms with Crippen LogP contribution in [0.5, 0.6) is 0 Å². The largest absolute Gasteiger partial charge is 0.384 e. The van der Waals surface area contributed by atoms with Crippen LogP contribution >= 0.6 is 0 Å². The van der Waals surface area contributed by atoms with Crippen molar-refractivity contribution in [3.63, 3.8) is 0 Å². The molecule has 0 bridgehead atoms. The lowest BCUT2D eigenvalue weighted by atomic mass is 9.95. The number of likely N-dealkylation sites (tertiary alicyclic amines) is 1. The van der Waals surface area contributed by atoms with Crippen molar-refractivity contribution in [1.29, 1.82) is 0 Å². The summed E-state index contributed by atoms with van der Waals surface area (Å²) < 4.78 is 0. The van der Waals surface area contributed by atoms with Crippen molar-refractivity contribution in [2.45, 2.75) is 19.3 Å². The lowest BCUT2D eigenvalue weighted by molar-refractivity contribution is -0.125. The molecule has 3 rings (SSSR count). The number of carbonyl (C=O) groups is 2. The van der Waals surface area contributed by atoms with Crippen molar-refractivity contribution in [1.82, 2.24) is 10.2 Å². The van der Waals surface area contributed by atoms with Gasteiger partial charge in [0.2, 0.25) is 5.91 Å². The van der Waals surface area contributed by atoms with E-state index in [1.807, 2.05) is 23.1 Å². The van der Waals surface area contributed by atoms with E-state index >= 15 is 0 Å². The summed E-state index contributed by atoms with van der Waals surface area (Å²) in [5, 5.41) is 5.99. The van der Waals surface area contributed by atoms with Gasteiger partial charge in [0.25, 0.3) is 5.91 Å². The summed E-state index contributed by atoms with van der Waals surface area (Å²) in [5.41, 5.74) is 3.13. The fourth-order valence-electron chi connectivity index (χ4n) is 3.17. The second kappa shape index (κ2) is 5.76. The highest BCUT2D eigenvalue weighted by Crippen LogP contribution is 2.25. The summed E-state index contributed by atoms with van der Waals surface area (Å²) in [6.07, 6.45) is 2.48. The summed E-state index contributed by atoms with van der Waals surface area (Å²) >= 11 is 0. The van der Waals surface area contributed by atoms with E-state index in [-0.39, 0.29) is 17.7 Å². The monoisotopic (exact) mass is 287 g/mol. The maximum absolute atomic E-state index is 12.6. The van der Waals surface area contributed by atoms with E-state index in [0.717, 1.165) is 37.1 Å². The van der Waals surface area contributed by atoms with Crippen molar-refractivity contribution >= 4 is 17.5 Å². The summed E-state index contributed by atoms with van der Waals surface area (Å²) in [6.45, 7) is 2.27. The average Bonchev–Trinajstić information content (AvgIpc) is 3.01. The quantitative estimate of drug-likeness (QED) is 0.860. The zero-order valence-electron chi connectivity index (χ0n) is 12.3. The number of carbonyl (C=O) groups excluding carboxylic acids is 2. The number of rotatable bonds is 2. The van der Waals surface area contributed by atoms with E-state index in [1.54, 1.807) is 7.05 Å². The van der Waals surface area contributed by atoms with Crippen LogP contribution in [0.1, 0.15) is 28.8 Å². The Hall–Kier alpha value is -2.04. The second-order valence-electron chi connectivity index (χ2n) is 5.73. The first kappa shape index (κ1) is 13.9. The van der Waals surface area contributed by atoms with Gasteiger partial charge >= 0.3 is 0 Å². The summed E-state index contributed by atoms with van der Waals surface area (Å²) in [5.74, 6) is 0.217. The summed E-state index contributed by atoms with van der Waals surface area (Å²) in [4.78, 5) is 26.0. The first-order chi connectivity index (χ1) is 10.2. The third-order valence-electron chi connectivity index (χ3n) is 4.46. The Labute approximate surface area is 124 Å². The molecule has 0 saturated carbocycles. The standard InChI is InChI=1S/C16H21N3O2/c1-17-15(20)11-5-8-19(9-6-11)16(21)13-2-3-14-12(10-13)4-7-18-14/h2-3,10-11,18H,4-9H2,1H3,(H,17,20). The first-order valence-corrected chi connectivity index (χ1v) is 7.56. The molecule has 2 aliphatic heterocycles. The second-order valence-corrected chi connectivity index (χ2v) is 5.73. The molecular weight excluding hydrogens is 266 g/mol. The fraction of sp³-hybridized carbons (Fsp3) is 0.500. The molecule has 0 radical (unpaired) electrons. The molecule has 1 aromatic carbocycles. The van der Waals surface area contributed by atoms with Crippen molar-refractivity contribution < 1.29 is 9.59 Å². The Morgan fingerprint density at radius 1 is 1.29 bits per heavy atom. The van der Waals surface area contributed by atoms with E-state index in [1.165, 1.54) is 5.56 Å². The molecule has 21 heavy (non-hydrogen) atoms. The third-order valence-corrected chi connectivity index (χ3v) is 4.46. The average molecular weight is 287 g/mol. The number of hydrogen-bond donors (Lipinski definition) is 2. The molecule has 2 N–H and O–H groups in total. The SMILES string of the molecule is CNC(=O)C1CCN(C(=O)c2ccc3c(c2)CCN3)CC1. The number of nitrogens with zero attached hydrogens (tertiary/aromatic N) is 1. The molecule has 5 nitrogen and oxygen atoms in total. The highest BCUT2D eigenvalue weighted by Gasteiger charge is 2.27. The van der Waals surface area contributed by atoms with Crippen LogP contribution < -0.4 is 10.6 Å². The molecule has 112 valence electrons. The molecule has 0 unspecified atom stereocenters. The van der Waals surface area contributed by atoms with Crippen molar-refractivity contribution in [3.8, 4) is 0 Å². The minimum absolute atomic E-state index is 0.0447.